The van der Waals surface area contributed by atoms with Crippen molar-refractivity contribution in [2.75, 3.05) is 31.4 Å². The van der Waals surface area contributed by atoms with Gasteiger partial charge in [-0.3, -0.25) is 4.79 Å². The molecule has 0 atom stereocenters. The van der Waals surface area contributed by atoms with Crippen LogP contribution in [0.15, 0.2) is 36.4 Å². The van der Waals surface area contributed by atoms with Crippen LogP contribution >= 0.6 is 12.4 Å². The molecule has 7 heteroatoms. The summed E-state index contributed by atoms with van der Waals surface area (Å²) in [5.74, 6) is 1.80. The molecule has 1 amide bonds. The number of hydrogen-bond donors (Lipinski definition) is 2. The fourth-order valence-corrected chi connectivity index (χ4v) is 2.66. The maximum absolute atomic E-state index is 12.8. The minimum atomic E-state index is -0.759. The number of benzene rings is 2. The third kappa shape index (κ3) is 3.80. The zero-order valence-electron chi connectivity index (χ0n) is 15.0. The Kier molecular flexibility index (Phi) is 5.87. The van der Waals surface area contributed by atoms with Crippen LogP contribution in [0.5, 0.6) is 17.2 Å². The van der Waals surface area contributed by atoms with E-state index < -0.39 is 5.41 Å². The molecule has 0 spiro atoms. The van der Waals surface area contributed by atoms with Crippen molar-refractivity contribution in [2.24, 2.45) is 0 Å². The smallest absolute Gasteiger partial charge is 0.234 e. The highest BCUT2D eigenvalue weighted by molar-refractivity contribution is 5.99. The first-order valence-corrected chi connectivity index (χ1v) is 8.07. The van der Waals surface area contributed by atoms with Crippen LogP contribution in [0.4, 0.5) is 11.4 Å². The van der Waals surface area contributed by atoms with E-state index in [1.807, 2.05) is 32.0 Å². The van der Waals surface area contributed by atoms with Gasteiger partial charge in [-0.1, -0.05) is 6.07 Å². The minimum Gasteiger partial charge on any atom is -0.495 e. The Hall–Kier alpha value is -2.60. The van der Waals surface area contributed by atoms with Gasteiger partial charge in [0.25, 0.3) is 0 Å². The van der Waals surface area contributed by atoms with Crippen LogP contribution in [-0.2, 0) is 10.2 Å². The lowest BCUT2D eigenvalue weighted by Gasteiger charge is -2.26. The normalized spacial score (nSPS) is 12.7. The molecule has 2 aromatic carbocycles. The van der Waals surface area contributed by atoms with E-state index in [9.17, 15) is 4.79 Å². The van der Waals surface area contributed by atoms with E-state index in [0.717, 1.165) is 5.56 Å². The predicted molar refractivity (Wildman–Crippen MR) is 104 cm³/mol. The van der Waals surface area contributed by atoms with Gasteiger partial charge in [-0.05, 0) is 49.7 Å². The molecule has 0 unspecified atom stereocenters. The number of rotatable bonds is 4. The number of carbonyl (C=O) groups is 1. The molecule has 3 N–H and O–H groups in total. The van der Waals surface area contributed by atoms with Crippen LogP contribution < -0.4 is 25.3 Å². The van der Waals surface area contributed by atoms with Crippen molar-refractivity contribution in [3.05, 3.63) is 42.0 Å². The minimum absolute atomic E-state index is 0. The van der Waals surface area contributed by atoms with Gasteiger partial charge in [-0.2, -0.15) is 0 Å². The fraction of sp³-hybridized carbons (Fsp3) is 0.316. The van der Waals surface area contributed by atoms with Crippen LogP contribution in [0.3, 0.4) is 0 Å². The van der Waals surface area contributed by atoms with E-state index in [2.05, 4.69) is 5.32 Å². The predicted octanol–water partition coefficient (Wildman–Crippen LogP) is 3.39. The van der Waals surface area contributed by atoms with Crippen molar-refractivity contribution >= 4 is 29.7 Å². The average molecular weight is 379 g/mol. The van der Waals surface area contributed by atoms with E-state index in [-0.39, 0.29) is 18.3 Å². The van der Waals surface area contributed by atoms with Crippen molar-refractivity contribution in [1.29, 1.82) is 0 Å². The van der Waals surface area contributed by atoms with E-state index in [0.29, 0.717) is 41.8 Å². The number of anilines is 2. The van der Waals surface area contributed by atoms with E-state index >= 15 is 0 Å². The number of carbonyl (C=O) groups excluding carboxylic acids is 1. The Morgan fingerprint density at radius 2 is 1.81 bits per heavy atom. The second-order valence-electron chi connectivity index (χ2n) is 6.39. The zero-order valence-corrected chi connectivity index (χ0v) is 15.8. The summed E-state index contributed by atoms with van der Waals surface area (Å²) in [6.07, 6.45) is 0. The molecule has 0 bridgehead atoms. The fourth-order valence-electron chi connectivity index (χ4n) is 2.66. The summed E-state index contributed by atoms with van der Waals surface area (Å²) in [5.41, 5.74) is 7.07. The number of ether oxygens (including phenoxy) is 3. The molecular formula is C19H23ClN2O4. The zero-order chi connectivity index (χ0) is 18.0. The lowest BCUT2D eigenvalue weighted by atomic mass is 9.83. The highest BCUT2D eigenvalue weighted by Crippen LogP contribution is 2.36. The van der Waals surface area contributed by atoms with Gasteiger partial charge in [0.05, 0.1) is 18.2 Å². The van der Waals surface area contributed by atoms with Crippen LogP contribution in [0.2, 0.25) is 0 Å². The van der Waals surface area contributed by atoms with Gasteiger partial charge >= 0.3 is 0 Å². The maximum Gasteiger partial charge on any atom is 0.234 e. The number of nitrogen functional groups attached to an aromatic ring is 1. The number of halogens is 1. The van der Waals surface area contributed by atoms with Crippen molar-refractivity contribution in [3.8, 4) is 17.2 Å². The number of methoxy groups -OCH3 is 1. The molecule has 0 radical (unpaired) electrons. The van der Waals surface area contributed by atoms with Crippen molar-refractivity contribution in [1.82, 2.24) is 0 Å². The molecule has 0 saturated heterocycles. The van der Waals surface area contributed by atoms with Gasteiger partial charge in [0.1, 0.15) is 19.0 Å². The summed E-state index contributed by atoms with van der Waals surface area (Å²) >= 11 is 0. The molecule has 0 fully saturated rings. The molecule has 1 aliphatic rings. The summed E-state index contributed by atoms with van der Waals surface area (Å²) in [7, 11) is 1.55. The lowest BCUT2D eigenvalue weighted by Crippen LogP contribution is -2.35. The summed E-state index contributed by atoms with van der Waals surface area (Å²) in [6.45, 7) is 4.77. The molecule has 0 saturated carbocycles. The molecule has 26 heavy (non-hydrogen) atoms. The molecule has 0 aliphatic carbocycles. The second kappa shape index (κ2) is 7.74. The number of hydrogen-bond acceptors (Lipinski definition) is 5. The second-order valence-corrected chi connectivity index (χ2v) is 6.39. The first-order valence-electron chi connectivity index (χ1n) is 8.07. The topological polar surface area (TPSA) is 82.8 Å². The van der Waals surface area contributed by atoms with Gasteiger partial charge in [-0.15, -0.1) is 12.4 Å². The highest BCUT2D eigenvalue weighted by Gasteiger charge is 2.31. The van der Waals surface area contributed by atoms with Crippen LogP contribution in [0, 0.1) is 0 Å². The number of amides is 1. The van der Waals surface area contributed by atoms with E-state index in [1.54, 1.807) is 25.3 Å². The summed E-state index contributed by atoms with van der Waals surface area (Å²) in [4.78, 5) is 12.8. The molecule has 1 aliphatic heterocycles. The monoisotopic (exact) mass is 378 g/mol. The molecule has 140 valence electrons. The summed E-state index contributed by atoms with van der Waals surface area (Å²) in [6, 6.07) is 10.7. The van der Waals surface area contributed by atoms with Crippen LogP contribution in [0.25, 0.3) is 0 Å². The molecule has 2 aromatic rings. The average Bonchev–Trinajstić information content (AvgIpc) is 2.61. The number of nitrogens with one attached hydrogen (secondary N) is 1. The Morgan fingerprint density at radius 1 is 1.12 bits per heavy atom. The van der Waals surface area contributed by atoms with Gasteiger partial charge in [0.15, 0.2) is 11.5 Å². The number of nitrogens with two attached hydrogens (primary N) is 1. The van der Waals surface area contributed by atoms with Gasteiger partial charge < -0.3 is 25.3 Å². The Balaban J connectivity index is 0.00000243. The SMILES string of the molecule is COc1ccc(NC(=O)C(C)(C)c2ccc3c(c2)OCCO3)cc1N.Cl. The summed E-state index contributed by atoms with van der Waals surface area (Å²) < 4.78 is 16.3. The Bertz CT molecular complexity index is 808. The quantitative estimate of drug-likeness (QED) is 0.797. The van der Waals surface area contributed by atoms with Gasteiger partial charge in [-0.25, -0.2) is 0 Å². The Morgan fingerprint density at radius 3 is 2.46 bits per heavy atom. The third-order valence-corrected chi connectivity index (χ3v) is 4.32. The highest BCUT2D eigenvalue weighted by atomic mass is 35.5. The van der Waals surface area contributed by atoms with Crippen LogP contribution in [-0.4, -0.2) is 26.2 Å². The lowest BCUT2D eigenvalue weighted by molar-refractivity contribution is -0.120. The molecule has 3 rings (SSSR count). The van der Waals surface area contributed by atoms with Crippen LogP contribution in [0.1, 0.15) is 19.4 Å². The third-order valence-electron chi connectivity index (χ3n) is 4.32. The first kappa shape index (κ1) is 19.7. The standard InChI is InChI=1S/C19H22N2O4.ClH/c1-19(2,12-4-6-16-17(10-12)25-9-8-24-16)18(22)21-13-5-7-15(23-3)14(20)11-13;/h4-7,10-11H,8-9,20H2,1-3H3,(H,21,22);1H. The molecule has 6 nitrogen and oxygen atoms in total. The summed E-state index contributed by atoms with van der Waals surface area (Å²) in [5, 5.41) is 2.91. The Labute approximate surface area is 159 Å². The number of fused-ring (bicyclic) bond motifs is 1. The van der Waals surface area contributed by atoms with E-state index in [1.165, 1.54) is 0 Å². The van der Waals surface area contributed by atoms with Gasteiger partial charge in [0.2, 0.25) is 5.91 Å². The van der Waals surface area contributed by atoms with E-state index in [4.69, 9.17) is 19.9 Å². The molecule has 0 aromatic heterocycles. The van der Waals surface area contributed by atoms with Crippen molar-refractivity contribution in [2.45, 2.75) is 19.3 Å². The van der Waals surface area contributed by atoms with Gasteiger partial charge in [0, 0.05) is 5.69 Å². The molecule has 1 heterocycles. The first-order chi connectivity index (χ1) is 11.9. The van der Waals surface area contributed by atoms with Crippen molar-refractivity contribution < 1.29 is 19.0 Å². The largest absolute Gasteiger partial charge is 0.495 e. The maximum atomic E-state index is 12.8. The van der Waals surface area contributed by atoms with Crippen molar-refractivity contribution in [3.63, 3.8) is 0 Å². The molecular weight excluding hydrogens is 356 g/mol.